The number of aliphatic carboxylic acids is 1. The molecule has 0 spiro atoms. The average molecular weight is 328 g/mol. The zero-order chi connectivity index (χ0) is 15.4. The molecule has 0 fully saturated rings. The lowest BCUT2D eigenvalue weighted by Crippen LogP contribution is -2.40. The van der Waals surface area contributed by atoms with Crippen LogP contribution in [0.25, 0.3) is 0 Å². The molecule has 0 amide bonds. The summed E-state index contributed by atoms with van der Waals surface area (Å²) in [5.41, 5.74) is 0. The van der Waals surface area contributed by atoms with Crippen LogP contribution < -0.4 is 5.32 Å². The van der Waals surface area contributed by atoms with Crippen molar-refractivity contribution in [2.24, 2.45) is 5.92 Å². The molecule has 114 valence electrons. The van der Waals surface area contributed by atoms with Crippen molar-refractivity contribution in [1.82, 2.24) is 5.32 Å². The summed E-state index contributed by atoms with van der Waals surface area (Å²) in [6.07, 6.45) is 2.13. The Labute approximate surface area is 132 Å². The van der Waals surface area contributed by atoms with Crippen LogP contribution >= 0.6 is 22.9 Å². The van der Waals surface area contributed by atoms with E-state index in [1.54, 1.807) is 18.4 Å². The van der Waals surface area contributed by atoms with Crippen molar-refractivity contribution < 1.29 is 14.3 Å². The van der Waals surface area contributed by atoms with Gasteiger partial charge in [0.2, 0.25) is 0 Å². The molecular formula is C15H18ClNO3S. The highest BCUT2D eigenvalue weighted by Crippen LogP contribution is 2.32. The maximum atomic E-state index is 11.5. The summed E-state index contributed by atoms with van der Waals surface area (Å²) in [7, 11) is 0. The first-order chi connectivity index (χ1) is 9.97. The van der Waals surface area contributed by atoms with E-state index in [1.807, 2.05) is 26.0 Å². The van der Waals surface area contributed by atoms with Crippen molar-refractivity contribution in [3.63, 3.8) is 0 Å². The van der Waals surface area contributed by atoms with E-state index < -0.39 is 12.0 Å². The first-order valence-corrected chi connectivity index (χ1v) is 7.94. The molecule has 0 aliphatic heterocycles. The van der Waals surface area contributed by atoms with Gasteiger partial charge in [-0.2, -0.15) is 0 Å². The van der Waals surface area contributed by atoms with Gasteiger partial charge >= 0.3 is 5.97 Å². The highest BCUT2D eigenvalue weighted by Gasteiger charge is 2.27. The van der Waals surface area contributed by atoms with Crippen LogP contribution in [0.15, 0.2) is 34.9 Å². The molecular weight excluding hydrogens is 310 g/mol. The van der Waals surface area contributed by atoms with Gasteiger partial charge in [-0.3, -0.25) is 10.1 Å². The lowest BCUT2D eigenvalue weighted by atomic mass is 10.0. The van der Waals surface area contributed by atoms with E-state index in [0.29, 0.717) is 16.5 Å². The van der Waals surface area contributed by atoms with Gasteiger partial charge < -0.3 is 9.52 Å². The molecule has 2 aromatic rings. The Morgan fingerprint density at radius 1 is 1.43 bits per heavy atom. The second-order valence-electron chi connectivity index (χ2n) is 5.28. The smallest absolute Gasteiger partial charge is 0.320 e. The first kappa shape index (κ1) is 16.1. The van der Waals surface area contributed by atoms with Gasteiger partial charge in [-0.25, -0.2) is 0 Å². The van der Waals surface area contributed by atoms with Crippen LogP contribution in [0, 0.1) is 5.92 Å². The summed E-state index contributed by atoms with van der Waals surface area (Å²) in [5, 5.41) is 12.6. The predicted octanol–water partition coefficient (Wildman–Crippen LogP) is 4.17. The number of carboxylic acid groups (broad SMARTS) is 1. The molecule has 0 radical (unpaired) electrons. The van der Waals surface area contributed by atoms with Crippen molar-refractivity contribution >= 4 is 28.9 Å². The molecule has 0 saturated carbocycles. The van der Waals surface area contributed by atoms with E-state index in [2.05, 4.69) is 5.32 Å². The van der Waals surface area contributed by atoms with E-state index in [4.69, 9.17) is 16.0 Å². The quantitative estimate of drug-likeness (QED) is 0.801. The van der Waals surface area contributed by atoms with Crippen molar-refractivity contribution in [3.8, 4) is 0 Å². The molecule has 0 bridgehead atoms. The van der Waals surface area contributed by atoms with Gasteiger partial charge in [-0.15, -0.1) is 11.3 Å². The molecule has 0 aliphatic rings. The van der Waals surface area contributed by atoms with Crippen LogP contribution in [-0.4, -0.2) is 17.1 Å². The van der Waals surface area contributed by atoms with Crippen LogP contribution in [0.3, 0.4) is 0 Å². The third kappa shape index (κ3) is 4.33. The maximum Gasteiger partial charge on any atom is 0.320 e. The number of furan rings is 1. The molecule has 2 rings (SSSR count). The third-order valence-corrected chi connectivity index (χ3v) is 4.38. The Morgan fingerprint density at radius 3 is 2.67 bits per heavy atom. The summed E-state index contributed by atoms with van der Waals surface area (Å²) in [5.74, 6) is 0.106. The minimum Gasteiger partial charge on any atom is -0.480 e. The lowest BCUT2D eigenvalue weighted by molar-refractivity contribution is -0.140. The number of halogens is 1. The Hall–Kier alpha value is -1.30. The summed E-state index contributed by atoms with van der Waals surface area (Å²) in [6.45, 7) is 4.00. The summed E-state index contributed by atoms with van der Waals surface area (Å²) < 4.78 is 6.12. The van der Waals surface area contributed by atoms with Crippen molar-refractivity contribution in [2.75, 3.05) is 0 Å². The Kier molecular flexibility index (Phi) is 5.45. The molecule has 2 heterocycles. The maximum absolute atomic E-state index is 11.5. The third-order valence-electron chi connectivity index (χ3n) is 3.08. The van der Waals surface area contributed by atoms with E-state index >= 15 is 0 Å². The highest BCUT2D eigenvalue weighted by molar-refractivity contribution is 7.16. The van der Waals surface area contributed by atoms with Crippen molar-refractivity contribution in [1.29, 1.82) is 0 Å². The van der Waals surface area contributed by atoms with Gasteiger partial charge in [-0.1, -0.05) is 25.4 Å². The summed E-state index contributed by atoms with van der Waals surface area (Å²) in [4.78, 5) is 12.4. The van der Waals surface area contributed by atoms with Gasteiger partial charge in [0.05, 0.1) is 10.6 Å². The fourth-order valence-electron chi connectivity index (χ4n) is 2.16. The number of hydrogen-bond donors (Lipinski definition) is 2. The molecule has 0 aromatic carbocycles. The van der Waals surface area contributed by atoms with Gasteiger partial charge in [0.15, 0.2) is 0 Å². The van der Waals surface area contributed by atoms with Crippen molar-refractivity contribution in [2.45, 2.75) is 32.4 Å². The second kappa shape index (κ2) is 7.11. The van der Waals surface area contributed by atoms with Gasteiger partial charge in [0, 0.05) is 4.88 Å². The molecule has 21 heavy (non-hydrogen) atoms. The molecule has 4 nitrogen and oxygen atoms in total. The van der Waals surface area contributed by atoms with Crippen LogP contribution in [0.5, 0.6) is 0 Å². The van der Waals surface area contributed by atoms with Gasteiger partial charge in [0.1, 0.15) is 17.8 Å². The van der Waals surface area contributed by atoms with Gasteiger partial charge in [-0.05, 0) is 36.6 Å². The SMILES string of the molecule is CC(C)CC(NC(c1ccco1)c1ccc(Cl)s1)C(=O)O. The van der Waals surface area contributed by atoms with Crippen LogP contribution in [0.2, 0.25) is 4.34 Å². The van der Waals surface area contributed by atoms with Crippen LogP contribution in [0.4, 0.5) is 0 Å². The normalized spacial score (nSPS) is 14.3. The number of carboxylic acids is 1. The molecule has 0 aliphatic carbocycles. The standard InChI is InChI=1S/C15H18ClNO3S/c1-9(2)8-10(15(18)19)17-14(11-4-3-7-20-11)12-5-6-13(16)21-12/h3-7,9-10,14,17H,8H2,1-2H3,(H,18,19). The monoisotopic (exact) mass is 327 g/mol. The molecule has 2 aromatic heterocycles. The summed E-state index contributed by atoms with van der Waals surface area (Å²) in [6, 6.07) is 6.37. The Bertz CT molecular complexity index is 580. The average Bonchev–Trinajstić information content (AvgIpc) is 3.05. The van der Waals surface area contributed by atoms with E-state index in [9.17, 15) is 9.90 Å². The fourth-order valence-corrected chi connectivity index (χ4v) is 3.29. The minimum absolute atomic E-state index is 0.280. The topological polar surface area (TPSA) is 62.5 Å². The molecule has 2 N–H and O–H groups in total. The fraction of sp³-hybridized carbons (Fsp3) is 0.400. The zero-order valence-electron chi connectivity index (χ0n) is 11.9. The number of nitrogens with one attached hydrogen (secondary N) is 1. The van der Waals surface area contributed by atoms with E-state index in [-0.39, 0.29) is 12.0 Å². The minimum atomic E-state index is -0.858. The molecule has 2 atom stereocenters. The largest absolute Gasteiger partial charge is 0.480 e. The lowest BCUT2D eigenvalue weighted by Gasteiger charge is -2.22. The summed E-state index contributed by atoms with van der Waals surface area (Å²) >= 11 is 7.41. The molecule has 0 saturated heterocycles. The Morgan fingerprint density at radius 2 is 2.19 bits per heavy atom. The molecule has 6 heteroatoms. The number of thiophene rings is 1. The highest BCUT2D eigenvalue weighted by atomic mass is 35.5. The predicted molar refractivity (Wildman–Crippen MR) is 83.9 cm³/mol. The molecule has 2 unspecified atom stereocenters. The number of carbonyl (C=O) groups is 1. The van der Waals surface area contributed by atoms with Crippen molar-refractivity contribution in [3.05, 3.63) is 45.5 Å². The van der Waals surface area contributed by atoms with Gasteiger partial charge in [0.25, 0.3) is 0 Å². The first-order valence-electron chi connectivity index (χ1n) is 6.75. The number of rotatable bonds is 7. The Balaban J connectivity index is 2.25. The second-order valence-corrected chi connectivity index (χ2v) is 7.02. The number of hydrogen-bond acceptors (Lipinski definition) is 4. The van der Waals surface area contributed by atoms with Crippen LogP contribution in [0.1, 0.15) is 36.9 Å². The zero-order valence-corrected chi connectivity index (χ0v) is 13.4. The van der Waals surface area contributed by atoms with Crippen LogP contribution in [-0.2, 0) is 4.79 Å². The van der Waals surface area contributed by atoms with E-state index in [1.165, 1.54) is 11.3 Å². The van der Waals surface area contributed by atoms with E-state index in [0.717, 1.165) is 4.88 Å².